The first-order chi connectivity index (χ1) is 8.95. The van der Waals surface area contributed by atoms with E-state index in [1.807, 2.05) is 0 Å². The van der Waals surface area contributed by atoms with E-state index in [-0.39, 0.29) is 11.3 Å². The van der Waals surface area contributed by atoms with Crippen LogP contribution in [0.2, 0.25) is 0 Å². The summed E-state index contributed by atoms with van der Waals surface area (Å²) in [5, 5.41) is 3.69. The molecule has 0 aliphatic carbocycles. The lowest BCUT2D eigenvalue weighted by Crippen LogP contribution is -2.30. The van der Waals surface area contributed by atoms with Crippen LogP contribution in [0.25, 0.3) is 0 Å². The van der Waals surface area contributed by atoms with Gasteiger partial charge in [-0.05, 0) is 24.9 Å². The minimum atomic E-state index is -0.795. The summed E-state index contributed by atoms with van der Waals surface area (Å²) in [6.07, 6.45) is 0. The van der Waals surface area contributed by atoms with Crippen LogP contribution in [0.15, 0.2) is 24.3 Å². The highest BCUT2D eigenvalue weighted by atomic mass is 32.2. The first-order valence-corrected chi connectivity index (χ1v) is 8.51. The number of nitrogens with one attached hydrogen (secondary N) is 1. The maximum atomic E-state index is 12.4. The number of aryl methyl sites for hydroxylation is 1. The topological polar surface area (TPSA) is 29.1 Å². The summed E-state index contributed by atoms with van der Waals surface area (Å²) < 4.78 is 12.4. The first kappa shape index (κ1) is 16.4. The molecule has 0 amide bonds. The number of rotatable bonds is 7. The minimum absolute atomic E-state index is 0.188. The molecule has 2 nitrogen and oxygen atoms in total. The van der Waals surface area contributed by atoms with E-state index >= 15 is 0 Å². The highest BCUT2D eigenvalue weighted by Crippen LogP contribution is 2.18. The van der Waals surface area contributed by atoms with Crippen LogP contribution in [0.3, 0.4) is 0 Å². The lowest BCUT2D eigenvalue weighted by molar-refractivity contribution is 0.573. The van der Waals surface area contributed by atoms with E-state index in [9.17, 15) is 4.21 Å². The zero-order valence-electron chi connectivity index (χ0n) is 12.8. The van der Waals surface area contributed by atoms with Gasteiger partial charge in [0.15, 0.2) is 0 Å². The lowest BCUT2D eigenvalue weighted by Gasteiger charge is -2.22. The summed E-state index contributed by atoms with van der Waals surface area (Å²) in [5.74, 6) is 1.15. The van der Waals surface area contributed by atoms with Crippen molar-refractivity contribution in [3.63, 3.8) is 0 Å². The van der Waals surface area contributed by atoms with Crippen LogP contribution < -0.4 is 5.32 Å². The quantitative estimate of drug-likeness (QED) is 0.829. The van der Waals surface area contributed by atoms with Crippen molar-refractivity contribution in [2.24, 2.45) is 5.92 Å². The highest BCUT2D eigenvalue weighted by Gasteiger charge is 2.20. The average molecular weight is 281 g/mol. The molecule has 3 heteroatoms. The smallest absolute Gasteiger partial charge is 0.0436 e. The molecule has 0 bridgehead atoms. The van der Waals surface area contributed by atoms with Crippen LogP contribution in [0.5, 0.6) is 0 Å². The van der Waals surface area contributed by atoms with Gasteiger partial charge in [0.2, 0.25) is 0 Å². The Kier molecular flexibility index (Phi) is 6.73. The highest BCUT2D eigenvalue weighted by molar-refractivity contribution is 7.85. The predicted octanol–water partition coefficient (Wildman–Crippen LogP) is 3.44. The fourth-order valence-electron chi connectivity index (χ4n) is 1.94. The molecule has 0 heterocycles. The van der Waals surface area contributed by atoms with Crippen LogP contribution >= 0.6 is 0 Å². The Hall–Kier alpha value is -0.670. The predicted molar refractivity (Wildman–Crippen MR) is 84.9 cm³/mol. The molecule has 19 heavy (non-hydrogen) atoms. The summed E-state index contributed by atoms with van der Waals surface area (Å²) in [6, 6.07) is 8.70. The normalized spacial score (nSPS) is 16.3. The molecular weight excluding hydrogens is 254 g/mol. The third kappa shape index (κ3) is 5.07. The first-order valence-electron chi connectivity index (χ1n) is 7.12. The van der Waals surface area contributed by atoms with Gasteiger partial charge < -0.3 is 5.32 Å². The van der Waals surface area contributed by atoms with Crippen LogP contribution in [0.4, 0.5) is 0 Å². The van der Waals surface area contributed by atoms with Crippen molar-refractivity contribution in [3.05, 3.63) is 35.4 Å². The molecule has 1 N–H and O–H groups in total. The minimum Gasteiger partial charge on any atom is -0.309 e. The van der Waals surface area contributed by atoms with E-state index in [1.165, 1.54) is 11.1 Å². The summed E-state index contributed by atoms with van der Waals surface area (Å²) in [5.41, 5.74) is 2.49. The molecule has 0 radical (unpaired) electrons. The zero-order chi connectivity index (χ0) is 14.4. The third-order valence-electron chi connectivity index (χ3n) is 3.61. The van der Waals surface area contributed by atoms with Gasteiger partial charge >= 0.3 is 0 Å². The Bertz CT molecular complexity index is 400. The maximum absolute atomic E-state index is 12.4. The Morgan fingerprint density at radius 2 is 1.74 bits per heavy atom. The standard InChI is InChI=1S/C16H27NOS/c1-6-17-16(11-19(18)14(5)12(2)3)15-9-7-13(4)8-10-15/h7-10,12,14,16-17H,6,11H2,1-5H3. The van der Waals surface area contributed by atoms with Gasteiger partial charge in [0.05, 0.1) is 0 Å². The maximum Gasteiger partial charge on any atom is 0.0436 e. The van der Waals surface area contributed by atoms with E-state index in [2.05, 4.69) is 64.2 Å². The van der Waals surface area contributed by atoms with Gasteiger partial charge in [-0.2, -0.15) is 0 Å². The number of benzene rings is 1. The second-order valence-corrected chi connectivity index (χ2v) is 7.36. The molecule has 0 aromatic heterocycles. The molecule has 0 spiro atoms. The van der Waals surface area contributed by atoms with Crippen molar-refractivity contribution in [1.82, 2.24) is 5.32 Å². The summed E-state index contributed by atoms with van der Waals surface area (Å²) >= 11 is 0. The summed E-state index contributed by atoms with van der Waals surface area (Å²) in [6.45, 7) is 11.4. The number of hydrogen-bond acceptors (Lipinski definition) is 2. The summed E-state index contributed by atoms with van der Waals surface area (Å²) in [4.78, 5) is 0. The molecule has 0 saturated heterocycles. The molecule has 1 aromatic rings. The largest absolute Gasteiger partial charge is 0.309 e. The van der Waals surface area contributed by atoms with Gasteiger partial charge in [-0.25, -0.2) is 0 Å². The van der Waals surface area contributed by atoms with E-state index in [0.717, 1.165) is 6.54 Å². The van der Waals surface area contributed by atoms with E-state index < -0.39 is 10.8 Å². The Balaban J connectivity index is 2.78. The molecule has 3 atom stereocenters. The fourth-order valence-corrected chi connectivity index (χ4v) is 3.49. The van der Waals surface area contributed by atoms with Gasteiger partial charge in [0.1, 0.15) is 0 Å². The van der Waals surface area contributed by atoms with Crippen molar-refractivity contribution in [3.8, 4) is 0 Å². The third-order valence-corrected chi connectivity index (χ3v) is 5.65. The fraction of sp³-hybridized carbons (Fsp3) is 0.625. The van der Waals surface area contributed by atoms with Gasteiger partial charge in [0.25, 0.3) is 0 Å². The Labute approximate surface area is 120 Å². The summed E-state index contributed by atoms with van der Waals surface area (Å²) in [7, 11) is -0.795. The molecule has 1 rings (SSSR count). The van der Waals surface area contributed by atoms with Crippen molar-refractivity contribution in [1.29, 1.82) is 0 Å². The van der Waals surface area contributed by atoms with Crippen molar-refractivity contribution in [2.45, 2.75) is 45.9 Å². The van der Waals surface area contributed by atoms with Gasteiger partial charge in [-0.3, -0.25) is 4.21 Å². The second-order valence-electron chi connectivity index (χ2n) is 5.52. The average Bonchev–Trinajstić information content (AvgIpc) is 2.38. The SMILES string of the molecule is CCNC(CS(=O)C(C)C(C)C)c1ccc(C)cc1. The molecule has 0 saturated carbocycles. The van der Waals surface area contributed by atoms with E-state index in [4.69, 9.17) is 0 Å². The molecule has 3 unspecified atom stereocenters. The van der Waals surface area contributed by atoms with Gasteiger partial charge in [-0.1, -0.05) is 57.5 Å². The molecule has 0 aliphatic heterocycles. The van der Waals surface area contributed by atoms with Crippen molar-refractivity contribution < 1.29 is 4.21 Å². The van der Waals surface area contributed by atoms with Crippen LogP contribution in [-0.2, 0) is 10.8 Å². The molecule has 0 aliphatic rings. The monoisotopic (exact) mass is 281 g/mol. The molecule has 108 valence electrons. The molecule has 1 aromatic carbocycles. The van der Waals surface area contributed by atoms with Crippen LogP contribution in [0.1, 0.15) is 44.9 Å². The van der Waals surface area contributed by atoms with Crippen LogP contribution in [-0.4, -0.2) is 21.8 Å². The van der Waals surface area contributed by atoms with E-state index in [1.54, 1.807) is 0 Å². The number of hydrogen-bond donors (Lipinski definition) is 1. The van der Waals surface area contributed by atoms with Gasteiger partial charge in [0, 0.05) is 27.8 Å². The van der Waals surface area contributed by atoms with Crippen LogP contribution in [0, 0.1) is 12.8 Å². The molecular formula is C16H27NOS. The Morgan fingerprint density at radius 1 is 1.16 bits per heavy atom. The zero-order valence-corrected chi connectivity index (χ0v) is 13.6. The van der Waals surface area contributed by atoms with Crippen molar-refractivity contribution in [2.75, 3.05) is 12.3 Å². The second kappa shape index (κ2) is 7.81. The van der Waals surface area contributed by atoms with Gasteiger partial charge in [-0.15, -0.1) is 0 Å². The lowest BCUT2D eigenvalue weighted by atomic mass is 10.1. The molecule has 0 fully saturated rings. The van der Waals surface area contributed by atoms with E-state index in [0.29, 0.717) is 11.7 Å². The Morgan fingerprint density at radius 3 is 2.21 bits per heavy atom. The van der Waals surface area contributed by atoms with Crippen molar-refractivity contribution >= 4 is 10.8 Å².